The molecule has 1 unspecified atom stereocenters. The van der Waals surface area contributed by atoms with E-state index in [-0.39, 0.29) is 11.4 Å². The number of likely N-dealkylation sites (tertiary alicyclic amines) is 2. The Balaban J connectivity index is 1.44. The summed E-state index contributed by atoms with van der Waals surface area (Å²) in [6.07, 6.45) is 2.22. The second kappa shape index (κ2) is 7.87. The van der Waals surface area contributed by atoms with Gasteiger partial charge in [-0.25, -0.2) is 4.79 Å². The van der Waals surface area contributed by atoms with Gasteiger partial charge < -0.3 is 24.6 Å². The van der Waals surface area contributed by atoms with E-state index in [1.54, 1.807) is 31.4 Å². The smallest absolute Gasteiger partial charge is 0.321 e. The van der Waals surface area contributed by atoms with Crippen LogP contribution in [0.5, 0.6) is 17.4 Å². The van der Waals surface area contributed by atoms with Crippen molar-refractivity contribution < 1.29 is 14.3 Å². The first-order chi connectivity index (χ1) is 14.0. The van der Waals surface area contributed by atoms with Gasteiger partial charge in [-0.3, -0.25) is 0 Å². The SMILES string of the molecule is COc1ccc(NC(=O)N2CCC3(CCN(C)C3)C2)cc1Oc1ccc(C)nn1. The summed E-state index contributed by atoms with van der Waals surface area (Å²) in [7, 11) is 3.72. The van der Waals surface area contributed by atoms with Crippen molar-refractivity contribution in [3.05, 3.63) is 36.0 Å². The molecule has 1 N–H and O–H groups in total. The second-order valence-corrected chi connectivity index (χ2v) is 8.07. The van der Waals surface area contributed by atoms with Crippen molar-refractivity contribution in [3.8, 4) is 17.4 Å². The number of anilines is 1. The molecule has 1 aromatic carbocycles. The Labute approximate surface area is 170 Å². The average Bonchev–Trinajstić information content (AvgIpc) is 3.29. The Bertz CT molecular complexity index is 888. The van der Waals surface area contributed by atoms with Gasteiger partial charge in [-0.2, -0.15) is 5.10 Å². The zero-order valence-corrected chi connectivity index (χ0v) is 17.1. The molecule has 1 atom stereocenters. The molecular weight excluding hydrogens is 370 g/mol. The first-order valence-electron chi connectivity index (χ1n) is 9.87. The van der Waals surface area contributed by atoms with E-state index >= 15 is 0 Å². The lowest BCUT2D eigenvalue weighted by Gasteiger charge is -2.24. The van der Waals surface area contributed by atoms with Crippen LogP contribution in [0.1, 0.15) is 18.5 Å². The normalized spacial score (nSPS) is 21.6. The summed E-state index contributed by atoms with van der Waals surface area (Å²) in [4.78, 5) is 17.1. The minimum atomic E-state index is -0.0809. The number of ether oxygens (including phenoxy) is 2. The maximum absolute atomic E-state index is 12.8. The van der Waals surface area contributed by atoms with Crippen molar-refractivity contribution in [2.24, 2.45) is 5.41 Å². The number of nitrogens with zero attached hydrogens (tertiary/aromatic N) is 4. The van der Waals surface area contributed by atoms with Gasteiger partial charge in [0.05, 0.1) is 12.8 Å². The van der Waals surface area contributed by atoms with Crippen LogP contribution in [-0.4, -0.2) is 66.4 Å². The molecule has 2 saturated heterocycles. The van der Waals surface area contributed by atoms with Crippen LogP contribution >= 0.6 is 0 Å². The maximum atomic E-state index is 12.8. The molecule has 0 radical (unpaired) electrons. The Morgan fingerprint density at radius 1 is 1.10 bits per heavy atom. The number of hydrogen-bond acceptors (Lipinski definition) is 6. The number of nitrogens with one attached hydrogen (secondary N) is 1. The average molecular weight is 397 g/mol. The van der Waals surface area contributed by atoms with Gasteiger partial charge in [0.2, 0.25) is 5.88 Å². The Morgan fingerprint density at radius 3 is 2.62 bits per heavy atom. The first kappa shape index (κ1) is 19.4. The third-order valence-electron chi connectivity index (χ3n) is 5.76. The summed E-state index contributed by atoms with van der Waals surface area (Å²) in [5.41, 5.74) is 1.71. The van der Waals surface area contributed by atoms with E-state index in [4.69, 9.17) is 9.47 Å². The zero-order valence-electron chi connectivity index (χ0n) is 17.1. The van der Waals surface area contributed by atoms with Crippen molar-refractivity contribution in [2.45, 2.75) is 19.8 Å². The molecule has 4 rings (SSSR count). The van der Waals surface area contributed by atoms with Crippen molar-refractivity contribution in [2.75, 3.05) is 45.7 Å². The quantitative estimate of drug-likeness (QED) is 0.854. The van der Waals surface area contributed by atoms with Crippen LogP contribution in [0.3, 0.4) is 0 Å². The van der Waals surface area contributed by atoms with Gasteiger partial charge in [0.15, 0.2) is 11.5 Å². The third-order valence-corrected chi connectivity index (χ3v) is 5.76. The molecule has 2 fully saturated rings. The fourth-order valence-corrected chi connectivity index (χ4v) is 4.19. The van der Waals surface area contributed by atoms with Crippen LogP contribution in [0.2, 0.25) is 0 Å². The topological polar surface area (TPSA) is 79.8 Å². The van der Waals surface area contributed by atoms with Crippen LogP contribution in [0.15, 0.2) is 30.3 Å². The summed E-state index contributed by atoms with van der Waals surface area (Å²) in [5, 5.41) is 11.0. The van der Waals surface area contributed by atoms with Crippen LogP contribution in [-0.2, 0) is 0 Å². The lowest BCUT2D eigenvalue weighted by molar-refractivity contribution is 0.212. The van der Waals surface area contributed by atoms with Crippen molar-refractivity contribution in [1.29, 1.82) is 0 Å². The highest BCUT2D eigenvalue weighted by molar-refractivity contribution is 5.90. The molecule has 1 spiro atoms. The maximum Gasteiger partial charge on any atom is 0.321 e. The molecule has 8 nitrogen and oxygen atoms in total. The number of carbonyl (C=O) groups is 1. The molecule has 2 aromatic rings. The minimum Gasteiger partial charge on any atom is -0.493 e. The molecule has 3 heterocycles. The molecule has 2 aliphatic heterocycles. The summed E-state index contributed by atoms with van der Waals surface area (Å²) in [6.45, 7) is 5.63. The highest BCUT2D eigenvalue weighted by atomic mass is 16.5. The minimum absolute atomic E-state index is 0.0809. The van der Waals surface area contributed by atoms with Crippen molar-refractivity contribution >= 4 is 11.7 Å². The molecule has 2 amide bonds. The number of amides is 2. The molecule has 2 aliphatic rings. The Morgan fingerprint density at radius 2 is 1.93 bits per heavy atom. The van der Waals surface area contributed by atoms with Crippen molar-refractivity contribution in [3.63, 3.8) is 0 Å². The number of hydrogen-bond donors (Lipinski definition) is 1. The predicted molar refractivity (Wildman–Crippen MR) is 110 cm³/mol. The number of methoxy groups -OCH3 is 1. The number of urea groups is 1. The fraction of sp³-hybridized carbons (Fsp3) is 0.476. The fourth-order valence-electron chi connectivity index (χ4n) is 4.19. The van der Waals surface area contributed by atoms with E-state index in [0.717, 1.165) is 44.7 Å². The summed E-state index contributed by atoms with van der Waals surface area (Å²) in [5.74, 6) is 1.39. The Hall–Kier alpha value is -2.87. The number of aromatic nitrogens is 2. The van der Waals surface area contributed by atoms with E-state index in [1.807, 2.05) is 17.9 Å². The predicted octanol–water partition coefficient (Wildman–Crippen LogP) is 3.15. The second-order valence-electron chi connectivity index (χ2n) is 8.07. The molecule has 8 heteroatoms. The summed E-state index contributed by atoms with van der Waals surface area (Å²) < 4.78 is 11.2. The Kier molecular flexibility index (Phi) is 5.27. The first-order valence-corrected chi connectivity index (χ1v) is 9.87. The largest absolute Gasteiger partial charge is 0.493 e. The lowest BCUT2D eigenvalue weighted by atomic mass is 9.86. The van der Waals surface area contributed by atoms with Gasteiger partial charge in [0.1, 0.15) is 0 Å². The highest BCUT2D eigenvalue weighted by Crippen LogP contribution is 2.39. The van der Waals surface area contributed by atoms with Crippen LogP contribution < -0.4 is 14.8 Å². The van der Waals surface area contributed by atoms with E-state index in [0.29, 0.717) is 23.1 Å². The number of aryl methyl sites for hydroxylation is 1. The van der Waals surface area contributed by atoms with E-state index in [1.165, 1.54) is 0 Å². The number of carbonyl (C=O) groups excluding carboxylic acids is 1. The van der Waals surface area contributed by atoms with Gasteiger partial charge in [-0.05, 0) is 51.6 Å². The highest BCUT2D eigenvalue weighted by Gasteiger charge is 2.43. The summed E-state index contributed by atoms with van der Waals surface area (Å²) >= 11 is 0. The monoisotopic (exact) mass is 397 g/mol. The van der Waals surface area contributed by atoms with Crippen LogP contribution in [0, 0.1) is 12.3 Å². The lowest BCUT2D eigenvalue weighted by Crippen LogP contribution is -2.36. The standard InChI is InChI=1S/C21H27N5O3/c1-15-4-7-19(24-23-15)29-18-12-16(5-6-17(18)28-3)22-20(27)26-11-9-21(14-26)8-10-25(2)13-21/h4-7,12H,8-11,13-14H2,1-3H3,(H,22,27). The van der Waals surface area contributed by atoms with Gasteiger partial charge >= 0.3 is 6.03 Å². The summed E-state index contributed by atoms with van der Waals surface area (Å²) in [6, 6.07) is 8.80. The van der Waals surface area contributed by atoms with Gasteiger partial charge in [-0.1, -0.05) is 0 Å². The molecule has 0 saturated carbocycles. The van der Waals surface area contributed by atoms with E-state index in [9.17, 15) is 4.79 Å². The van der Waals surface area contributed by atoms with Gasteiger partial charge in [-0.15, -0.1) is 5.10 Å². The molecule has 0 aliphatic carbocycles. The van der Waals surface area contributed by atoms with E-state index in [2.05, 4.69) is 27.5 Å². The molecule has 0 bridgehead atoms. The third kappa shape index (κ3) is 4.27. The van der Waals surface area contributed by atoms with Crippen LogP contribution in [0.25, 0.3) is 0 Å². The van der Waals surface area contributed by atoms with Gasteiger partial charge in [0, 0.05) is 42.9 Å². The molecule has 154 valence electrons. The van der Waals surface area contributed by atoms with E-state index < -0.39 is 0 Å². The van der Waals surface area contributed by atoms with Gasteiger partial charge in [0.25, 0.3) is 0 Å². The zero-order chi connectivity index (χ0) is 20.4. The number of benzene rings is 1. The molecule has 29 heavy (non-hydrogen) atoms. The molecular formula is C21H27N5O3. The molecule has 1 aromatic heterocycles. The number of rotatable bonds is 4. The van der Waals surface area contributed by atoms with Crippen LogP contribution in [0.4, 0.5) is 10.5 Å². The van der Waals surface area contributed by atoms with Crippen molar-refractivity contribution in [1.82, 2.24) is 20.0 Å².